The number of hydrogen-bond acceptors (Lipinski definition) is 3. The van der Waals surface area contributed by atoms with Crippen LogP contribution < -0.4 is 0 Å². The number of benzene rings is 1. The zero-order valence-corrected chi connectivity index (χ0v) is 16.5. The van der Waals surface area contributed by atoms with E-state index >= 15 is 0 Å². The second kappa shape index (κ2) is 6.83. The molecule has 1 amide bonds. The van der Waals surface area contributed by atoms with Crippen molar-refractivity contribution in [1.82, 2.24) is 24.6 Å². The average Bonchev–Trinajstić information content (AvgIpc) is 3.33. The molecule has 1 saturated heterocycles. The first kappa shape index (κ1) is 17.8. The Bertz CT molecular complexity index is 1000. The van der Waals surface area contributed by atoms with E-state index in [4.69, 9.17) is 4.98 Å². The quantitative estimate of drug-likeness (QED) is 0.769. The molecule has 1 aromatic carbocycles. The normalized spacial score (nSPS) is 17.2. The van der Waals surface area contributed by atoms with E-state index in [1.165, 1.54) is 5.56 Å². The molecule has 1 aliphatic heterocycles. The molecule has 0 spiro atoms. The van der Waals surface area contributed by atoms with Crippen LogP contribution in [0.25, 0.3) is 11.0 Å². The van der Waals surface area contributed by atoms with Crippen molar-refractivity contribution in [1.29, 1.82) is 0 Å². The van der Waals surface area contributed by atoms with E-state index in [1.807, 2.05) is 35.7 Å². The number of aryl methyl sites for hydroxylation is 3. The Morgan fingerprint density at radius 3 is 2.81 bits per heavy atom. The van der Waals surface area contributed by atoms with Gasteiger partial charge in [-0.25, -0.2) is 4.98 Å². The highest BCUT2D eigenvalue weighted by atomic mass is 16.2. The summed E-state index contributed by atoms with van der Waals surface area (Å²) >= 11 is 0. The summed E-state index contributed by atoms with van der Waals surface area (Å²) in [6.07, 6.45) is 3.25. The number of nitrogens with zero attached hydrogens (tertiary/aromatic N) is 4. The summed E-state index contributed by atoms with van der Waals surface area (Å²) in [5, 5.41) is 4.46. The van der Waals surface area contributed by atoms with Crippen molar-refractivity contribution in [3.63, 3.8) is 0 Å². The third-order valence-electron chi connectivity index (χ3n) is 5.87. The molecular weight excluding hydrogens is 338 g/mol. The van der Waals surface area contributed by atoms with Gasteiger partial charge < -0.3 is 9.88 Å². The molecule has 3 heterocycles. The van der Waals surface area contributed by atoms with Crippen LogP contribution in [0.15, 0.2) is 18.2 Å². The van der Waals surface area contributed by atoms with Crippen LogP contribution in [0.4, 0.5) is 0 Å². The predicted molar refractivity (Wildman–Crippen MR) is 106 cm³/mol. The van der Waals surface area contributed by atoms with Crippen LogP contribution in [0.5, 0.6) is 0 Å². The highest BCUT2D eigenvalue weighted by Crippen LogP contribution is 2.32. The summed E-state index contributed by atoms with van der Waals surface area (Å²) < 4.78 is 1.89. The Hall–Kier alpha value is -2.63. The summed E-state index contributed by atoms with van der Waals surface area (Å²) in [4.78, 5) is 23.2. The smallest absolute Gasteiger partial charge is 0.223 e. The van der Waals surface area contributed by atoms with Gasteiger partial charge in [-0.2, -0.15) is 5.10 Å². The Morgan fingerprint density at radius 2 is 2.11 bits per heavy atom. The largest absolute Gasteiger partial charge is 0.340 e. The number of aromatic amines is 1. The summed E-state index contributed by atoms with van der Waals surface area (Å²) in [5.74, 6) is 1.12. The van der Waals surface area contributed by atoms with Crippen molar-refractivity contribution in [3.05, 3.63) is 46.5 Å². The van der Waals surface area contributed by atoms with Gasteiger partial charge in [-0.05, 0) is 57.2 Å². The van der Waals surface area contributed by atoms with Gasteiger partial charge in [0.05, 0.1) is 22.8 Å². The molecule has 2 aromatic heterocycles. The molecule has 0 radical (unpaired) electrons. The van der Waals surface area contributed by atoms with E-state index in [0.717, 1.165) is 59.6 Å². The SMILES string of the molecule is Cc1nn(C)c(C)c1CCC(=O)N1CCC[C@@H]1c1nc2c(C)cccc2[nH]1. The summed E-state index contributed by atoms with van der Waals surface area (Å²) in [7, 11) is 1.95. The van der Waals surface area contributed by atoms with Gasteiger partial charge in [-0.1, -0.05) is 12.1 Å². The maximum Gasteiger partial charge on any atom is 0.223 e. The van der Waals surface area contributed by atoms with Gasteiger partial charge in [-0.3, -0.25) is 9.48 Å². The van der Waals surface area contributed by atoms with Crippen LogP contribution in [0.3, 0.4) is 0 Å². The van der Waals surface area contributed by atoms with Crippen LogP contribution in [-0.2, 0) is 18.3 Å². The lowest BCUT2D eigenvalue weighted by Crippen LogP contribution is -2.31. The molecular formula is C21H27N5O. The maximum absolute atomic E-state index is 13.0. The monoisotopic (exact) mass is 365 g/mol. The van der Waals surface area contributed by atoms with Gasteiger partial charge in [-0.15, -0.1) is 0 Å². The molecule has 1 N–H and O–H groups in total. The molecule has 6 heteroatoms. The number of carbonyl (C=O) groups excluding carboxylic acids is 1. The fourth-order valence-electron chi connectivity index (χ4n) is 4.26. The molecule has 0 unspecified atom stereocenters. The Morgan fingerprint density at radius 1 is 1.30 bits per heavy atom. The Kier molecular flexibility index (Phi) is 4.50. The molecule has 0 bridgehead atoms. The van der Waals surface area contributed by atoms with Crippen molar-refractivity contribution in [2.45, 2.75) is 52.5 Å². The summed E-state index contributed by atoms with van der Waals surface area (Å²) in [6.45, 7) is 6.96. The van der Waals surface area contributed by atoms with Gasteiger partial charge in [0.15, 0.2) is 0 Å². The molecule has 1 atom stereocenters. The highest BCUT2D eigenvalue weighted by molar-refractivity contribution is 5.80. The number of likely N-dealkylation sites (tertiary alicyclic amines) is 1. The summed E-state index contributed by atoms with van der Waals surface area (Å²) in [6, 6.07) is 6.22. The Balaban J connectivity index is 1.52. The van der Waals surface area contributed by atoms with Crippen LogP contribution in [0, 0.1) is 20.8 Å². The second-order valence-electron chi connectivity index (χ2n) is 7.61. The third kappa shape index (κ3) is 3.13. The molecule has 1 aliphatic rings. The number of carbonyl (C=O) groups is 1. The average molecular weight is 365 g/mol. The zero-order chi connectivity index (χ0) is 19.1. The molecule has 142 valence electrons. The third-order valence-corrected chi connectivity index (χ3v) is 5.87. The standard InChI is InChI=1S/C21H27N5O/c1-13-7-5-8-17-20(13)23-21(22-17)18-9-6-12-26(18)19(27)11-10-16-14(2)24-25(4)15(16)3/h5,7-8,18H,6,9-12H2,1-4H3,(H,22,23)/t18-/m1/s1. The number of imidazole rings is 1. The van der Waals surface area contributed by atoms with Gasteiger partial charge in [0, 0.05) is 25.7 Å². The number of rotatable bonds is 4. The minimum Gasteiger partial charge on any atom is -0.340 e. The number of hydrogen-bond donors (Lipinski definition) is 1. The van der Waals surface area contributed by atoms with Crippen molar-refractivity contribution in [2.75, 3.05) is 6.54 Å². The van der Waals surface area contributed by atoms with E-state index in [-0.39, 0.29) is 11.9 Å². The molecule has 1 fully saturated rings. The molecule has 4 rings (SSSR count). The number of aromatic nitrogens is 4. The van der Waals surface area contributed by atoms with Gasteiger partial charge in [0.1, 0.15) is 5.82 Å². The summed E-state index contributed by atoms with van der Waals surface area (Å²) in [5.41, 5.74) is 6.58. The molecule has 27 heavy (non-hydrogen) atoms. The van der Waals surface area contributed by atoms with Gasteiger partial charge in [0.25, 0.3) is 0 Å². The number of amides is 1. The highest BCUT2D eigenvalue weighted by Gasteiger charge is 2.32. The lowest BCUT2D eigenvalue weighted by molar-refractivity contribution is -0.132. The van der Waals surface area contributed by atoms with Crippen LogP contribution >= 0.6 is 0 Å². The molecule has 6 nitrogen and oxygen atoms in total. The van der Waals surface area contributed by atoms with Crippen molar-refractivity contribution in [2.24, 2.45) is 7.05 Å². The lowest BCUT2D eigenvalue weighted by Gasteiger charge is -2.23. The second-order valence-corrected chi connectivity index (χ2v) is 7.61. The van der Waals surface area contributed by atoms with Gasteiger partial charge >= 0.3 is 0 Å². The van der Waals surface area contributed by atoms with Gasteiger partial charge in [0.2, 0.25) is 5.91 Å². The fourth-order valence-corrected chi connectivity index (χ4v) is 4.26. The number of H-pyrrole nitrogens is 1. The van der Waals surface area contributed by atoms with E-state index in [0.29, 0.717) is 6.42 Å². The lowest BCUT2D eigenvalue weighted by atomic mass is 10.1. The fraction of sp³-hybridized carbons (Fsp3) is 0.476. The molecule has 0 aliphatic carbocycles. The number of para-hydroxylation sites is 1. The topological polar surface area (TPSA) is 66.8 Å². The van der Waals surface area contributed by atoms with Crippen molar-refractivity contribution in [3.8, 4) is 0 Å². The van der Waals surface area contributed by atoms with E-state index in [9.17, 15) is 4.79 Å². The van der Waals surface area contributed by atoms with Crippen LogP contribution in [0.1, 0.15) is 53.6 Å². The van der Waals surface area contributed by atoms with Crippen LogP contribution in [0.2, 0.25) is 0 Å². The first-order valence-electron chi connectivity index (χ1n) is 9.69. The van der Waals surface area contributed by atoms with E-state index < -0.39 is 0 Å². The maximum atomic E-state index is 13.0. The zero-order valence-electron chi connectivity index (χ0n) is 16.5. The van der Waals surface area contributed by atoms with E-state index in [1.54, 1.807) is 0 Å². The number of nitrogens with one attached hydrogen (secondary N) is 1. The van der Waals surface area contributed by atoms with E-state index in [2.05, 4.69) is 30.0 Å². The molecule has 0 saturated carbocycles. The number of fused-ring (bicyclic) bond motifs is 1. The molecule has 3 aromatic rings. The first-order valence-corrected chi connectivity index (χ1v) is 9.69. The van der Waals surface area contributed by atoms with Crippen LogP contribution in [-0.4, -0.2) is 37.1 Å². The Labute approximate surface area is 159 Å². The minimum atomic E-state index is 0.0559. The first-order chi connectivity index (χ1) is 13.0. The van der Waals surface area contributed by atoms with Crippen molar-refractivity contribution >= 4 is 16.9 Å². The van der Waals surface area contributed by atoms with Crippen molar-refractivity contribution < 1.29 is 4.79 Å². The predicted octanol–water partition coefficient (Wildman–Crippen LogP) is 3.52. The minimum absolute atomic E-state index is 0.0559.